The van der Waals surface area contributed by atoms with Crippen LogP contribution in [0.5, 0.6) is 5.75 Å². The topological polar surface area (TPSA) is 51.5 Å². The average Bonchev–Trinajstić information content (AvgIpc) is 2.32. The molecule has 0 saturated carbocycles. The zero-order valence-corrected chi connectivity index (χ0v) is 9.23. The van der Waals surface area contributed by atoms with Gasteiger partial charge in [-0.3, -0.25) is 4.79 Å². The van der Waals surface area contributed by atoms with Crippen molar-refractivity contribution in [2.24, 2.45) is 7.05 Å². The molecule has 0 radical (unpaired) electrons. The van der Waals surface area contributed by atoms with Gasteiger partial charge in [0.05, 0.1) is 19.2 Å². The van der Waals surface area contributed by atoms with Crippen molar-refractivity contribution in [3.63, 3.8) is 0 Å². The normalized spacial score (nSPS) is 10.7. The maximum atomic E-state index is 11.8. The van der Waals surface area contributed by atoms with Crippen molar-refractivity contribution in [3.05, 3.63) is 40.2 Å². The number of nitrogens with zero attached hydrogens (tertiary/aromatic N) is 1. The molecule has 0 aliphatic carbocycles. The van der Waals surface area contributed by atoms with Gasteiger partial charge in [0.25, 0.3) is 5.56 Å². The third-order valence-corrected chi connectivity index (χ3v) is 2.66. The van der Waals surface area contributed by atoms with E-state index >= 15 is 0 Å². The van der Waals surface area contributed by atoms with Gasteiger partial charge in [0.1, 0.15) is 5.75 Å². The van der Waals surface area contributed by atoms with Gasteiger partial charge in [0.2, 0.25) is 0 Å². The molecule has 84 valence electrons. The highest BCUT2D eigenvalue weighted by Gasteiger charge is 2.09. The Hall–Kier alpha value is -1.81. The van der Waals surface area contributed by atoms with Crippen molar-refractivity contribution in [1.82, 2.24) is 4.57 Å². The maximum absolute atomic E-state index is 11.8. The van der Waals surface area contributed by atoms with Gasteiger partial charge in [0.15, 0.2) is 0 Å². The smallest absolute Gasteiger partial charge is 0.256 e. The maximum Gasteiger partial charge on any atom is 0.256 e. The summed E-state index contributed by atoms with van der Waals surface area (Å²) in [5, 5.41) is 9.96. The molecular formula is C12H13NO3. The van der Waals surface area contributed by atoms with Crippen LogP contribution in [0, 0.1) is 0 Å². The standard InChI is InChI=1S/C12H13NO3/c1-13-11-8(4-3-5-10(11)16-2)6-9(7-14)12(13)15/h3-6,14H,7H2,1-2H3. The van der Waals surface area contributed by atoms with E-state index in [0.29, 0.717) is 11.3 Å². The lowest BCUT2D eigenvalue weighted by Crippen LogP contribution is -2.21. The van der Waals surface area contributed by atoms with Gasteiger partial charge in [0, 0.05) is 18.0 Å². The van der Waals surface area contributed by atoms with Gasteiger partial charge in [-0.25, -0.2) is 0 Å². The Morgan fingerprint density at radius 2 is 2.19 bits per heavy atom. The fourth-order valence-electron chi connectivity index (χ4n) is 1.86. The highest BCUT2D eigenvalue weighted by atomic mass is 16.5. The van der Waals surface area contributed by atoms with E-state index < -0.39 is 0 Å². The number of benzene rings is 1. The van der Waals surface area contributed by atoms with Crippen molar-refractivity contribution >= 4 is 10.9 Å². The fraction of sp³-hybridized carbons (Fsp3) is 0.250. The summed E-state index contributed by atoms with van der Waals surface area (Å²) in [6.45, 7) is -0.250. The largest absolute Gasteiger partial charge is 0.495 e. The van der Waals surface area contributed by atoms with Crippen LogP contribution < -0.4 is 10.3 Å². The van der Waals surface area contributed by atoms with E-state index in [1.54, 1.807) is 26.3 Å². The number of ether oxygens (including phenoxy) is 1. The van der Waals surface area contributed by atoms with Crippen molar-refractivity contribution in [2.45, 2.75) is 6.61 Å². The van der Waals surface area contributed by atoms with Gasteiger partial charge < -0.3 is 14.4 Å². The number of fused-ring (bicyclic) bond motifs is 1. The van der Waals surface area contributed by atoms with Crippen LogP contribution in [-0.4, -0.2) is 16.8 Å². The Morgan fingerprint density at radius 3 is 2.81 bits per heavy atom. The summed E-state index contributed by atoms with van der Waals surface area (Å²) in [5.74, 6) is 0.654. The van der Waals surface area contributed by atoms with Crippen LogP contribution in [0.4, 0.5) is 0 Å². The van der Waals surface area contributed by atoms with Crippen LogP contribution in [0.3, 0.4) is 0 Å². The first-order chi connectivity index (χ1) is 7.69. The monoisotopic (exact) mass is 219 g/mol. The quantitative estimate of drug-likeness (QED) is 0.821. The number of aryl methyl sites for hydroxylation is 1. The molecular weight excluding hydrogens is 206 g/mol. The fourth-order valence-corrected chi connectivity index (χ4v) is 1.86. The predicted molar refractivity (Wildman–Crippen MR) is 61.7 cm³/mol. The molecule has 2 rings (SSSR count). The van der Waals surface area contributed by atoms with Gasteiger partial charge in [-0.15, -0.1) is 0 Å². The van der Waals surface area contributed by atoms with E-state index in [1.165, 1.54) is 4.57 Å². The number of aliphatic hydroxyl groups excluding tert-OH is 1. The van der Waals surface area contributed by atoms with Gasteiger partial charge in [-0.05, 0) is 12.1 Å². The molecule has 0 aliphatic heterocycles. The minimum atomic E-state index is -0.250. The number of rotatable bonds is 2. The molecule has 0 aliphatic rings. The molecule has 1 aromatic carbocycles. The van der Waals surface area contributed by atoms with Crippen molar-refractivity contribution < 1.29 is 9.84 Å². The first kappa shape index (κ1) is 10.7. The minimum Gasteiger partial charge on any atom is -0.495 e. The second-order valence-corrected chi connectivity index (χ2v) is 3.59. The van der Waals surface area contributed by atoms with E-state index in [0.717, 1.165) is 10.9 Å². The Bertz CT molecular complexity index is 587. The Labute approximate surface area is 92.7 Å². The zero-order chi connectivity index (χ0) is 11.7. The van der Waals surface area contributed by atoms with Crippen LogP contribution in [-0.2, 0) is 13.7 Å². The lowest BCUT2D eigenvalue weighted by molar-refractivity contribution is 0.279. The van der Waals surface area contributed by atoms with Crippen LogP contribution in [0.1, 0.15) is 5.56 Å². The Kier molecular flexibility index (Phi) is 2.66. The number of para-hydroxylation sites is 1. The summed E-state index contributed by atoms with van der Waals surface area (Å²) in [6, 6.07) is 7.24. The Balaban J connectivity index is 2.93. The molecule has 4 heteroatoms. The summed E-state index contributed by atoms with van der Waals surface area (Å²) in [7, 11) is 3.24. The molecule has 0 saturated heterocycles. The molecule has 1 N–H and O–H groups in total. The van der Waals surface area contributed by atoms with Crippen LogP contribution >= 0.6 is 0 Å². The van der Waals surface area contributed by atoms with Gasteiger partial charge in [-0.1, -0.05) is 12.1 Å². The predicted octanol–water partition coefficient (Wildman–Crippen LogP) is 1.04. The average molecular weight is 219 g/mol. The summed E-state index contributed by atoms with van der Waals surface area (Å²) >= 11 is 0. The summed E-state index contributed by atoms with van der Waals surface area (Å²) in [5.41, 5.74) is 0.940. The molecule has 0 fully saturated rings. The number of hydrogen-bond acceptors (Lipinski definition) is 3. The number of methoxy groups -OCH3 is 1. The highest BCUT2D eigenvalue weighted by molar-refractivity contribution is 5.85. The molecule has 1 aromatic heterocycles. The third kappa shape index (κ3) is 1.47. The first-order valence-electron chi connectivity index (χ1n) is 4.95. The van der Waals surface area contributed by atoms with E-state index in [9.17, 15) is 4.79 Å². The molecule has 0 atom stereocenters. The van der Waals surface area contributed by atoms with Gasteiger partial charge >= 0.3 is 0 Å². The summed E-state index contributed by atoms with van der Waals surface area (Å²) < 4.78 is 6.71. The molecule has 4 nitrogen and oxygen atoms in total. The number of hydrogen-bond donors (Lipinski definition) is 1. The zero-order valence-electron chi connectivity index (χ0n) is 9.23. The van der Waals surface area contributed by atoms with Crippen molar-refractivity contribution in [1.29, 1.82) is 0 Å². The van der Waals surface area contributed by atoms with E-state index in [1.807, 2.05) is 12.1 Å². The first-order valence-corrected chi connectivity index (χ1v) is 4.95. The second kappa shape index (κ2) is 3.98. The molecule has 1 heterocycles. The molecule has 0 unspecified atom stereocenters. The van der Waals surface area contributed by atoms with Crippen molar-refractivity contribution in [3.8, 4) is 5.75 Å². The van der Waals surface area contributed by atoms with Crippen LogP contribution in [0.2, 0.25) is 0 Å². The molecule has 0 bridgehead atoms. The molecule has 2 aromatic rings. The SMILES string of the molecule is COc1cccc2cc(CO)c(=O)n(C)c12. The van der Waals surface area contributed by atoms with Crippen molar-refractivity contribution in [2.75, 3.05) is 7.11 Å². The van der Waals surface area contributed by atoms with Gasteiger partial charge in [-0.2, -0.15) is 0 Å². The molecule has 16 heavy (non-hydrogen) atoms. The van der Waals surface area contributed by atoms with E-state index in [-0.39, 0.29) is 12.2 Å². The van der Waals surface area contributed by atoms with Crippen LogP contribution in [0.15, 0.2) is 29.1 Å². The van der Waals surface area contributed by atoms with Crippen LogP contribution in [0.25, 0.3) is 10.9 Å². The number of aromatic nitrogens is 1. The molecule has 0 spiro atoms. The Morgan fingerprint density at radius 1 is 1.44 bits per heavy atom. The lowest BCUT2D eigenvalue weighted by atomic mass is 10.1. The lowest BCUT2D eigenvalue weighted by Gasteiger charge is -2.10. The van der Waals surface area contributed by atoms with E-state index in [4.69, 9.17) is 9.84 Å². The summed E-state index contributed by atoms with van der Waals surface area (Å²) in [4.78, 5) is 11.8. The molecule has 0 amide bonds. The second-order valence-electron chi connectivity index (χ2n) is 3.59. The number of aliphatic hydroxyl groups is 1. The third-order valence-electron chi connectivity index (χ3n) is 2.66. The highest BCUT2D eigenvalue weighted by Crippen LogP contribution is 2.23. The number of pyridine rings is 1. The summed E-state index contributed by atoms with van der Waals surface area (Å²) in [6.07, 6.45) is 0. The van der Waals surface area contributed by atoms with E-state index in [2.05, 4.69) is 0 Å². The minimum absolute atomic E-state index is 0.195.